The molecule has 3 aromatic rings. The van der Waals surface area contributed by atoms with Gasteiger partial charge in [-0.3, -0.25) is 4.79 Å². The van der Waals surface area contributed by atoms with E-state index < -0.39 is 64.5 Å². The molecule has 0 saturated carbocycles. The number of sulfonamides is 1. The van der Waals surface area contributed by atoms with E-state index >= 15 is 0 Å². The molecule has 0 bridgehead atoms. The standard InChI is InChI=1S/C26H32F2N4O5S/c1-17(2)23(15-33)32(38(36,37)25-14-31(3)16-29-25)13-24(34)22(11-18-7-5-4-6-8-18)30-26(35)20-10-9-19(27)12-21(20)28/h4-10,12,14,16-17,22-24,33-34H,11,13,15H2,1-3H3,(H,30,35)/t22?,23-,24?/m0/s1. The highest BCUT2D eigenvalue weighted by atomic mass is 32.2. The molecule has 3 N–H and O–H groups in total. The molecule has 12 heteroatoms. The maximum atomic E-state index is 14.3. The van der Waals surface area contributed by atoms with Crippen molar-refractivity contribution in [3.63, 3.8) is 0 Å². The minimum absolute atomic E-state index is 0.0828. The van der Waals surface area contributed by atoms with Crippen LogP contribution < -0.4 is 5.32 Å². The molecule has 1 amide bonds. The van der Waals surface area contributed by atoms with E-state index in [4.69, 9.17) is 0 Å². The number of benzene rings is 2. The number of amides is 1. The smallest absolute Gasteiger partial charge is 0.262 e. The van der Waals surface area contributed by atoms with Gasteiger partial charge in [-0.1, -0.05) is 44.2 Å². The SMILES string of the molecule is CC(C)[C@H](CO)N(CC(O)C(Cc1ccccc1)NC(=O)c1ccc(F)cc1F)S(=O)(=O)c1cn(C)cn1. The van der Waals surface area contributed by atoms with E-state index in [-0.39, 0.29) is 17.4 Å². The highest BCUT2D eigenvalue weighted by Gasteiger charge is 2.38. The Bertz CT molecular complexity index is 1330. The number of carbonyl (C=O) groups excluding carboxylic acids is 1. The Kier molecular flexibility index (Phi) is 9.71. The molecule has 0 aliphatic carbocycles. The number of aryl methyl sites for hydroxylation is 1. The van der Waals surface area contributed by atoms with Gasteiger partial charge in [0.15, 0.2) is 5.03 Å². The lowest BCUT2D eigenvalue weighted by Crippen LogP contribution is -2.54. The summed E-state index contributed by atoms with van der Waals surface area (Å²) in [5.74, 6) is -3.15. The van der Waals surface area contributed by atoms with Gasteiger partial charge in [-0.15, -0.1) is 0 Å². The summed E-state index contributed by atoms with van der Waals surface area (Å²) < 4.78 is 57.2. The number of imidazole rings is 1. The first-order valence-corrected chi connectivity index (χ1v) is 13.5. The van der Waals surface area contributed by atoms with Crippen LogP contribution in [0.1, 0.15) is 29.8 Å². The lowest BCUT2D eigenvalue weighted by molar-refractivity contribution is 0.0635. The van der Waals surface area contributed by atoms with Gasteiger partial charge < -0.3 is 20.1 Å². The van der Waals surface area contributed by atoms with Crippen LogP contribution in [0.25, 0.3) is 0 Å². The fourth-order valence-electron chi connectivity index (χ4n) is 4.07. The summed E-state index contributed by atoms with van der Waals surface area (Å²) in [7, 11) is -2.65. The Morgan fingerprint density at radius 1 is 1.16 bits per heavy atom. The summed E-state index contributed by atoms with van der Waals surface area (Å²) in [4.78, 5) is 16.9. The lowest BCUT2D eigenvalue weighted by atomic mass is 9.99. The molecule has 0 radical (unpaired) electrons. The summed E-state index contributed by atoms with van der Waals surface area (Å²) in [5.41, 5.74) is 0.295. The average Bonchev–Trinajstić information content (AvgIpc) is 3.31. The Morgan fingerprint density at radius 2 is 1.84 bits per heavy atom. The van der Waals surface area contributed by atoms with Gasteiger partial charge in [0, 0.05) is 25.9 Å². The molecule has 9 nitrogen and oxygen atoms in total. The largest absolute Gasteiger partial charge is 0.395 e. The predicted octanol–water partition coefficient (Wildman–Crippen LogP) is 2.11. The van der Waals surface area contributed by atoms with Crippen molar-refractivity contribution in [2.24, 2.45) is 13.0 Å². The zero-order valence-corrected chi connectivity index (χ0v) is 22.1. The first-order chi connectivity index (χ1) is 17.9. The third kappa shape index (κ3) is 7.01. The van der Waals surface area contributed by atoms with Crippen LogP contribution in [-0.2, 0) is 23.5 Å². The van der Waals surface area contributed by atoms with Crippen molar-refractivity contribution in [1.82, 2.24) is 19.2 Å². The molecule has 38 heavy (non-hydrogen) atoms. The third-order valence-electron chi connectivity index (χ3n) is 6.20. The number of halogens is 2. The molecule has 3 atom stereocenters. The summed E-state index contributed by atoms with van der Waals surface area (Å²) in [6.45, 7) is 2.45. The molecular weight excluding hydrogens is 518 g/mol. The fraction of sp³-hybridized carbons (Fsp3) is 0.385. The van der Waals surface area contributed by atoms with Crippen LogP contribution in [0.4, 0.5) is 8.78 Å². The third-order valence-corrected chi connectivity index (χ3v) is 7.98. The summed E-state index contributed by atoms with van der Waals surface area (Å²) >= 11 is 0. The number of nitrogens with zero attached hydrogens (tertiary/aromatic N) is 3. The van der Waals surface area contributed by atoms with Crippen molar-refractivity contribution >= 4 is 15.9 Å². The Hall–Kier alpha value is -3.19. The minimum Gasteiger partial charge on any atom is -0.395 e. The maximum absolute atomic E-state index is 14.3. The second kappa shape index (κ2) is 12.6. The molecule has 0 fully saturated rings. The van der Waals surface area contributed by atoms with Crippen molar-refractivity contribution in [1.29, 1.82) is 0 Å². The summed E-state index contributed by atoms with van der Waals surface area (Å²) in [5, 5.41) is 23.7. The van der Waals surface area contributed by atoms with Crippen LogP contribution in [0.2, 0.25) is 0 Å². The molecule has 0 spiro atoms. The van der Waals surface area contributed by atoms with Gasteiger partial charge in [-0.2, -0.15) is 4.31 Å². The molecule has 0 aliphatic rings. The van der Waals surface area contributed by atoms with Crippen molar-refractivity contribution in [3.8, 4) is 0 Å². The van der Waals surface area contributed by atoms with E-state index in [1.54, 1.807) is 51.2 Å². The van der Waals surface area contributed by atoms with Crippen LogP contribution in [-0.4, -0.2) is 69.7 Å². The first kappa shape index (κ1) is 29.4. The summed E-state index contributed by atoms with van der Waals surface area (Å²) in [6, 6.07) is 9.37. The molecule has 1 aromatic heterocycles. The Labute approximate surface area is 220 Å². The molecule has 0 aliphatic heterocycles. The number of aromatic nitrogens is 2. The number of carbonyl (C=O) groups is 1. The quantitative estimate of drug-likeness (QED) is 0.317. The fourth-order valence-corrected chi connectivity index (χ4v) is 5.81. The zero-order chi connectivity index (χ0) is 28.0. The predicted molar refractivity (Wildman–Crippen MR) is 137 cm³/mol. The van der Waals surface area contributed by atoms with Crippen LogP contribution in [0.3, 0.4) is 0 Å². The molecule has 1 heterocycles. The number of hydrogen-bond acceptors (Lipinski definition) is 6. The van der Waals surface area contributed by atoms with E-state index in [0.717, 1.165) is 22.0 Å². The number of nitrogens with one attached hydrogen (secondary N) is 1. The van der Waals surface area contributed by atoms with Gasteiger partial charge in [0.25, 0.3) is 15.9 Å². The maximum Gasteiger partial charge on any atom is 0.262 e. The summed E-state index contributed by atoms with van der Waals surface area (Å²) in [6.07, 6.45) is 1.23. The van der Waals surface area contributed by atoms with E-state index in [9.17, 15) is 32.2 Å². The number of hydrogen-bond donors (Lipinski definition) is 3. The van der Waals surface area contributed by atoms with Gasteiger partial charge in [0.2, 0.25) is 0 Å². The van der Waals surface area contributed by atoms with E-state index in [1.807, 2.05) is 0 Å². The van der Waals surface area contributed by atoms with Crippen molar-refractivity contribution in [3.05, 3.63) is 83.8 Å². The van der Waals surface area contributed by atoms with Crippen molar-refractivity contribution in [2.75, 3.05) is 13.2 Å². The highest BCUT2D eigenvalue weighted by molar-refractivity contribution is 7.89. The second-order valence-electron chi connectivity index (χ2n) is 9.41. The number of aliphatic hydroxyl groups is 2. The van der Waals surface area contributed by atoms with E-state index in [1.165, 1.54) is 17.1 Å². The first-order valence-electron chi connectivity index (χ1n) is 12.0. The van der Waals surface area contributed by atoms with E-state index in [0.29, 0.717) is 6.07 Å². The van der Waals surface area contributed by atoms with Crippen LogP contribution in [0, 0.1) is 17.6 Å². The van der Waals surface area contributed by atoms with Gasteiger partial charge in [0.05, 0.1) is 36.7 Å². The normalized spacial score (nSPS) is 14.4. The Morgan fingerprint density at radius 3 is 2.39 bits per heavy atom. The minimum atomic E-state index is -4.26. The zero-order valence-electron chi connectivity index (χ0n) is 21.3. The highest BCUT2D eigenvalue weighted by Crippen LogP contribution is 2.23. The van der Waals surface area contributed by atoms with Gasteiger partial charge in [0.1, 0.15) is 11.6 Å². The van der Waals surface area contributed by atoms with Gasteiger partial charge in [-0.25, -0.2) is 22.2 Å². The monoisotopic (exact) mass is 550 g/mol. The number of rotatable bonds is 12. The molecule has 2 aromatic carbocycles. The van der Waals surface area contributed by atoms with Crippen LogP contribution in [0.5, 0.6) is 0 Å². The van der Waals surface area contributed by atoms with Crippen molar-refractivity contribution < 1.29 is 32.2 Å². The molecule has 2 unspecified atom stereocenters. The molecule has 0 saturated heterocycles. The molecule has 206 valence electrons. The average molecular weight is 551 g/mol. The van der Waals surface area contributed by atoms with Gasteiger partial charge >= 0.3 is 0 Å². The van der Waals surface area contributed by atoms with Crippen molar-refractivity contribution in [2.45, 2.75) is 43.5 Å². The molecular formula is C26H32F2N4O5S. The number of aliphatic hydroxyl groups excluding tert-OH is 2. The lowest BCUT2D eigenvalue weighted by Gasteiger charge is -2.35. The van der Waals surface area contributed by atoms with Gasteiger partial charge in [-0.05, 0) is 30.0 Å². The van der Waals surface area contributed by atoms with Crippen LogP contribution >= 0.6 is 0 Å². The van der Waals surface area contributed by atoms with Crippen LogP contribution in [0.15, 0.2) is 66.1 Å². The second-order valence-corrected chi connectivity index (χ2v) is 11.2. The topological polar surface area (TPSA) is 125 Å². The Balaban J connectivity index is 1.96. The van der Waals surface area contributed by atoms with E-state index in [2.05, 4.69) is 10.3 Å². The molecule has 3 rings (SSSR count).